The Kier molecular flexibility index (Phi) is 2.76. The molecule has 0 bridgehead atoms. The van der Waals surface area contributed by atoms with Crippen molar-refractivity contribution in [2.24, 2.45) is 0 Å². The molecule has 1 N–H and O–H groups in total. The maximum absolute atomic E-state index is 5.08. The van der Waals surface area contributed by atoms with Crippen LogP contribution in [0.25, 0.3) is 11.3 Å². The van der Waals surface area contributed by atoms with E-state index in [1.807, 2.05) is 6.07 Å². The highest BCUT2D eigenvalue weighted by Crippen LogP contribution is 2.31. The number of hydrogen-bond acceptors (Lipinski definition) is 4. The van der Waals surface area contributed by atoms with Crippen molar-refractivity contribution >= 4 is 11.3 Å². The van der Waals surface area contributed by atoms with Crippen LogP contribution in [0.15, 0.2) is 28.4 Å². The molecule has 0 unspecified atom stereocenters. The van der Waals surface area contributed by atoms with Crippen molar-refractivity contribution in [3.63, 3.8) is 0 Å². The van der Waals surface area contributed by atoms with Crippen molar-refractivity contribution < 1.29 is 4.42 Å². The zero-order chi connectivity index (χ0) is 10.8. The molecule has 3 nitrogen and oxygen atoms in total. The quantitative estimate of drug-likeness (QED) is 0.868. The number of hydrogen-bond donors (Lipinski definition) is 1. The molecule has 0 atom stereocenters. The first-order valence-electron chi connectivity index (χ1n) is 5.62. The smallest absolute Gasteiger partial charge is 0.0996 e. The van der Waals surface area contributed by atoms with Crippen LogP contribution in [0.4, 0.5) is 0 Å². The van der Waals surface area contributed by atoms with Gasteiger partial charge in [-0.1, -0.05) is 0 Å². The summed E-state index contributed by atoms with van der Waals surface area (Å²) in [5, 5.41) is 6.78. The van der Waals surface area contributed by atoms with Crippen molar-refractivity contribution in [3.05, 3.63) is 29.0 Å². The highest BCUT2D eigenvalue weighted by atomic mass is 32.1. The zero-order valence-corrected chi connectivity index (χ0v) is 9.80. The third kappa shape index (κ3) is 1.90. The predicted octanol–water partition coefficient (Wildman–Crippen LogP) is 2.87. The summed E-state index contributed by atoms with van der Waals surface area (Å²) in [6, 6.07) is 1.96. The predicted molar refractivity (Wildman–Crippen MR) is 64.7 cm³/mol. The van der Waals surface area contributed by atoms with E-state index in [0.29, 0.717) is 5.92 Å². The molecule has 2 aromatic heterocycles. The Morgan fingerprint density at radius 2 is 2.25 bits per heavy atom. The number of nitrogens with one attached hydrogen (secondary N) is 1. The first-order chi connectivity index (χ1) is 7.93. The van der Waals surface area contributed by atoms with Crippen LogP contribution in [0, 0.1) is 0 Å². The molecule has 0 saturated carbocycles. The van der Waals surface area contributed by atoms with Gasteiger partial charge in [-0.05, 0) is 32.0 Å². The van der Waals surface area contributed by atoms with E-state index >= 15 is 0 Å². The van der Waals surface area contributed by atoms with Gasteiger partial charge in [0.05, 0.1) is 23.2 Å². The van der Waals surface area contributed by atoms with Gasteiger partial charge in [-0.2, -0.15) is 0 Å². The lowest BCUT2D eigenvalue weighted by atomic mass is 9.99. The third-order valence-corrected chi connectivity index (χ3v) is 4.03. The van der Waals surface area contributed by atoms with E-state index in [2.05, 4.69) is 10.7 Å². The van der Waals surface area contributed by atoms with Gasteiger partial charge >= 0.3 is 0 Å². The Balaban J connectivity index is 1.82. The molecule has 1 aliphatic rings. The van der Waals surface area contributed by atoms with Crippen LogP contribution >= 0.6 is 11.3 Å². The van der Waals surface area contributed by atoms with Gasteiger partial charge in [-0.25, -0.2) is 4.98 Å². The van der Waals surface area contributed by atoms with Crippen LogP contribution in [0.3, 0.4) is 0 Å². The van der Waals surface area contributed by atoms with E-state index in [-0.39, 0.29) is 0 Å². The molecule has 4 heteroatoms. The summed E-state index contributed by atoms with van der Waals surface area (Å²) in [6.45, 7) is 2.23. The minimum atomic E-state index is 0.645. The van der Waals surface area contributed by atoms with E-state index in [1.54, 1.807) is 23.9 Å². The third-order valence-electron chi connectivity index (χ3n) is 3.03. The van der Waals surface area contributed by atoms with Crippen LogP contribution in [-0.4, -0.2) is 18.1 Å². The van der Waals surface area contributed by atoms with Gasteiger partial charge in [0.1, 0.15) is 0 Å². The van der Waals surface area contributed by atoms with E-state index in [9.17, 15) is 0 Å². The van der Waals surface area contributed by atoms with E-state index in [1.165, 1.54) is 17.8 Å². The topological polar surface area (TPSA) is 38.1 Å². The molecule has 1 saturated heterocycles. The first kappa shape index (κ1) is 10.1. The summed E-state index contributed by atoms with van der Waals surface area (Å²) >= 11 is 1.77. The number of piperidine rings is 1. The van der Waals surface area contributed by atoms with Gasteiger partial charge in [0, 0.05) is 16.9 Å². The van der Waals surface area contributed by atoms with Gasteiger partial charge in [0.15, 0.2) is 0 Å². The van der Waals surface area contributed by atoms with E-state index in [4.69, 9.17) is 9.40 Å². The summed E-state index contributed by atoms with van der Waals surface area (Å²) in [6.07, 6.45) is 5.86. The number of rotatable bonds is 2. The average Bonchev–Trinajstić information content (AvgIpc) is 3.01. The molecular weight excluding hydrogens is 220 g/mol. The molecule has 0 aliphatic carbocycles. The molecule has 1 fully saturated rings. The Morgan fingerprint density at radius 3 is 3.00 bits per heavy atom. The standard InChI is InChI=1S/C12H14N2OS/c1-4-13-5-2-9(1)12-14-11(8-16-12)10-3-6-15-7-10/h3,6-9,13H,1-2,4-5H2. The molecule has 2 aromatic rings. The van der Waals surface area contributed by atoms with Gasteiger partial charge < -0.3 is 9.73 Å². The van der Waals surface area contributed by atoms with Crippen molar-refractivity contribution in [1.29, 1.82) is 0 Å². The second-order valence-electron chi connectivity index (χ2n) is 4.11. The second kappa shape index (κ2) is 4.39. The van der Waals surface area contributed by atoms with Crippen molar-refractivity contribution in [2.45, 2.75) is 18.8 Å². The molecule has 0 radical (unpaired) electrons. The van der Waals surface area contributed by atoms with Gasteiger partial charge in [-0.15, -0.1) is 11.3 Å². The largest absolute Gasteiger partial charge is 0.472 e. The van der Waals surface area contributed by atoms with Crippen molar-refractivity contribution in [1.82, 2.24) is 10.3 Å². The monoisotopic (exact) mass is 234 g/mol. The summed E-state index contributed by atoms with van der Waals surface area (Å²) in [7, 11) is 0. The van der Waals surface area contributed by atoms with Gasteiger partial charge in [0.25, 0.3) is 0 Å². The maximum Gasteiger partial charge on any atom is 0.0996 e. The van der Waals surface area contributed by atoms with Gasteiger partial charge in [-0.3, -0.25) is 0 Å². The highest BCUT2D eigenvalue weighted by molar-refractivity contribution is 7.10. The minimum absolute atomic E-state index is 0.645. The van der Waals surface area contributed by atoms with Crippen LogP contribution in [0.5, 0.6) is 0 Å². The molecule has 0 amide bonds. The van der Waals surface area contributed by atoms with E-state index < -0.39 is 0 Å². The fourth-order valence-electron chi connectivity index (χ4n) is 2.09. The Morgan fingerprint density at radius 1 is 1.38 bits per heavy atom. The molecular formula is C12H14N2OS. The molecule has 0 aromatic carbocycles. The summed E-state index contributed by atoms with van der Waals surface area (Å²) in [4.78, 5) is 4.71. The fraction of sp³-hybridized carbons (Fsp3) is 0.417. The van der Waals surface area contributed by atoms with Crippen LogP contribution < -0.4 is 5.32 Å². The van der Waals surface area contributed by atoms with Crippen LogP contribution in [0.1, 0.15) is 23.8 Å². The molecule has 0 spiro atoms. The Bertz CT molecular complexity index is 443. The molecule has 3 heterocycles. The highest BCUT2D eigenvalue weighted by Gasteiger charge is 2.18. The molecule has 1 aliphatic heterocycles. The summed E-state index contributed by atoms with van der Waals surface area (Å²) in [5.41, 5.74) is 2.13. The fourth-order valence-corrected chi connectivity index (χ4v) is 3.09. The average molecular weight is 234 g/mol. The molecule has 16 heavy (non-hydrogen) atoms. The summed E-state index contributed by atoms with van der Waals surface area (Å²) < 4.78 is 5.08. The lowest BCUT2D eigenvalue weighted by molar-refractivity contribution is 0.459. The van der Waals surface area contributed by atoms with Crippen LogP contribution in [0.2, 0.25) is 0 Å². The Labute approximate surface area is 98.5 Å². The zero-order valence-electron chi connectivity index (χ0n) is 8.98. The normalized spacial score (nSPS) is 17.8. The minimum Gasteiger partial charge on any atom is -0.472 e. The Hall–Kier alpha value is -1.13. The number of furan rings is 1. The SMILES string of the molecule is c1cc(-c2csc(C3CCNCC3)n2)co1. The van der Waals surface area contributed by atoms with Crippen LogP contribution in [-0.2, 0) is 0 Å². The number of nitrogens with zero attached hydrogens (tertiary/aromatic N) is 1. The second-order valence-corrected chi connectivity index (χ2v) is 5.00. The van der Waals surface area contributed by atoms with E-state index in [0.717, 1.165) is 24.3 Å². The molecule has 84 valence electrons. The van der Waals surface area contributed by atoms with Crippen molar-refractivity contribution in [3.8, 4) is 11.3 Å². The number of thiazole rings is 1. The first-order valence-corrected chi connectivity index (χ1v) is 6.50. The molecule has 3 rings (SSSR count). The maximum atomic E-state index is 5.08. The number of aromatic nitrogens is 1. The van der Waals surface area contributed by atoms with Crippen molar-refractivity contribution in [2.75, 3.05) is 13.1 Å². The summed E-state index contributed by atoms with van der Waals surface area (Å²) in [5.74, 6) is 0.645. The lowest BCUT2D eigenvalue weighted by Crippen LogP contribution is -2.26. The van der Waals surface area contributed by atoms with Gasteiger partial charge in [0.2, 0.25) is 0 Å². The lowest BCUT2D eigenvalue weighted by Gasteiger charge is -2.20.